The molecule has 4 amide bonds. The van der Waals surface area contributed by atoms with E-state index < -0.39 is 6.04 Å². The zero-order chi connectivity index (χ0) is 28.5. The van der Waals surface area contributed by atoms with Crippen LogP contribution in [-0.4, -0.2) is 103 Å². The Morgan fingerprint density at radius 2 is 1.90 bits per heavy atom. The highest BCUT2D eigenvalue weighted by Gasteiger charge is 2.34. The van der Waals surface area contributed by atoms with Crippen molar-refractivity contribution in [3.63, 3.8) is 0 Å². The highest BCUT2D eigenvalue weighted by molar-refractivity contribution is 5.99. The molecule has 1 aromatic carbocycles. The number of aliphatic hydroxyl groups is 1. The van der Waals surface area contributed by atoms with Crippen molar-refractivity contribution < 1.29 is 24.2 Å². The fraction of sp³-hybridized carbons (Fsp3) is 0.690. The summed E-state index contributed by atoms with van der Waals surface area (Å²) in [4.78, 5) is 44.4. The maximum absolute atomic E-state index is 13.6. The molecule has 1 aromatic rings. The van der Waals surface area contributed by atoms with Gasteiger partial charge in [0.15, 0.2) is 0 Å². The maximum Gasteiger partial charge on any atom is 0.317 e. The number of anilines is 1. The molecule has 39 heavy (non-hydrogen) atoms. The lowest BCUT2D eigenvalue weighted by molar-refractivity contribution is -0.116. The predicted octanol–water partition coefficient (Wildman–Crippen LogP) is 3.16. The number of likely N-dealkylation sites (N-methyl/N-ethyl adjacent to an activating group) is 1. The van der Waals surface area contributed by atoms with Gasteiger partial charge in [0.05, 0.1) is 24.8 Å². The van der Waals surface area contributed by atoms with Gasteiger partial charge in [0.2, 0.25) is 5.91 Å². The highest BCUT2D eigenvalue weighted by atomic mass is 16.5. The third-order valence-electron chi connectivity index (χ3n) is 7.69. The van der Waals surface area contributed by atoms with Crippen LogP contribution >= 0.6 is 0 Å². The minimum Gasteiger partial charge on any atom is -0.487 e. The quantitative estimate of drug-likeness (QED) is 0.416. The van der Waals surface area contributed by atoms with Crippen molar-refractivity contribution in [1.82, 2.24) is 20.0 Å². The average Bonchev–Trinajstić information content (AvgIpc) is 2.90. The molecule has 10 nitrogen and oxygen atoms in total. The predicted molar refractivity (Wildman–Crippen MR) is 152 cm³/mol. The third-order valence-corrected chi connectivity index (χ3v) is 7.69. The molecule has 3 rings (SSSR count). The molecule has 0 unspecified atom stereocenters. The molecule has 0 saturated heterocycles. The van der Waals surface area contributed by atoms with Crippen LogP contribution in [-0.2, 0) is 4.79 Å². The number of nitrogens with zero attached hydrogens (tertiary/aromatic N) is 3. The molecule has 1 aliphatic heterocycles. The second-order valence-electron chi connectivity index (χ2n) is 11.5. The van der Waals surface area contributed by atoms with Crippen LogP contribution < -0.4 is 15.4 Å². The van der Waals surface area contributed by atoms with Crippen molar-refractivity contribution >= 4 is 23.5 Å². The van der Waals surface area contributed by atoms with Gasteiger partial charge >= 0.3 is 6.03 Å². The van der Waals surface area contributed by atoms with E-state index in [0.717, 1.165) is 38.6 Å². The second-order valence-corrected chi connectivity index (χ2v) is 11.5. The lowest BCUT2D eigenvalue weighted by atomic mass is 9.96. The Hall–Kier alpha value is -2.85. The summed E-state index contributed by atoms with van der Waals surface area (Å²) >= 11 is 0. The maximum atomic E-state index is 13.6. The van der Waals surface area contributed by atoms with Gasteiger partial charge in [0, 0.05) is 37.7 Å². The number of hydrogen-bond acceptors (Lipinski definition) is 6. The molecule has 1 aliphatic carbocycles. The molecule has 218 valence electrons. The van der Waals surface area contributed by atoms with Gasteiger partial charge in [-0.3, -0.25) is 9.59 Å². The summed E-state index contributed by atoms with van der Waals surface area (Å²) in [5, 5.41) is 15.9. The van der Waals surface area contributed by atoms with Gasteiger partial charge in [-0.05, 0) is 65.0 Å². The molecule has 0 bridgehead atoms. The zero-order valence-electron chi connectivity index (χ0n) is 24.2. The number of nitrogens with one attached hydrogen (secondary N) is 2. The smallest absolute Gasteiger partial charge is 0.317 e. The summed E-state index contributed by atoms with van der Waals surface area (Å²) in [5.74, 6) is -0.0758. The van der Waals surface area contributed by atoms with Gasteiger partial charge in [-0.2, -0.15) is 0 Å². The number of carbonyl (C=O) groups excluding carboxylic acids is 3. The van der Waals surface area contributed by atoms with Crippen molar-refractivity contribution in [2.24, 2.45) is 5.92 Å². The van der Waals surface area contributed by atoms with E-state index >= 15 is 0 Å². The topological polar surface area (TPSA) is 114 Å². The Morgan fingerprint density at radius 3 is 2.56 bits per heavy atom. The third kappa shape index (κ3) is 8.83. The second kappa shape index (κ2) is 14.5. The molecule has 10 heteroatoms. The zero-order valence-corrected chi connectivity index (χ0v) is 24.2. The van der Waals surface area contributed by atoms with E-state index in [0.29, 0.717) is 36.5 Å². The van der Waals surface area contributed by atoms with Crippen LogP contribution in [0, 0.1) is 5.92 Å². The molecule has 1 fully saturated rings. The molecule has 2 aliphatic rings. The Morgan fingerprint density at radius 1 is 1.18 bits per heavy atom. The van der Waals surface area contributed by atoms with Gasteiger partial charge in [-0.1, -0.05) is 26.2 Å². The van der Waals surface area contributed by atoms with Crippen molar-refractivity contribution in [2.75, 3.05) is 52.7 Å². The molecule has 0 radical (unpaired) electrons. The van der Waals surface area contributed by atoms with Crippen molar-refractivity contribution in [2.45, 2.75) is 77.0 Å². The van der Waals surface area contributed by atoms with Gasteiger partial charge in [0.25, 0.3) is 5.91 Å². The number of fused-ring (bicyclic) bond motifs is 1. The standard InChI is InChI=1S/C29H47N5O5/c1-20-17-34(21(2)19-35)28(37)24-16-23(30-27(36)12-9-15-32(3)4)13-14-25(24)39-26(20)18-33(5)29(38)31-22-10-7-6-8-11-22/h13-14,16,20-22,26,35H,6-12,15,17-19H2,1-5H3,(H,30,36)(H,31,38)/t20-,21+,26-/m0/s1. The molecule has 0 aromatic heterocycles. The summed E-state index contributed by atoms with van der Waals surface area (Å²) in [5.41, 5.74) is 0.846. The first-order valence-electron chi connectivity index (χ1n) is 14.3. The number of amides is 4. The molecule has 1 saturated carbocycles. The van der Waals surface area contributed by atoms with Gasteiger partial charge in [0.1, 0.15) is 11.9 Å². The summed E-state index contributed by atoms with van der Waals surface area (Å²) in [6.07, 6.45) is 6.25. The number of rotatable bonds is 10. The first kappa shape index (κ1) is 30.7. The van der Waals surface area contributed by atoms with Crippen LogP contribution in [0.2, 0.25) is 0 Å². The number of urea groups is 1. The van der Waals surface area contributed by atoms with E-state index in [1.165, 1.54) is 6.42 Å². The lowest BCUT2D eigenvalue weighted by Crippen LogP contribution is -2.52. The van der Waals surface area contributed by atoms with Crippen LogP contribution in [0.4, 0.5) is 10.5 Å². The molecule has 1 heterocycles. The van der Waals surface area contributed by atoms with Gasteiger partial charge in [-0.25, -0.2) is 4.79 Å². The Balaban J connectivity index is 1.78. The molecule has 3 atom stereocenters. The fourth-order valence-electron chi connectivity index (χ4n) is 5.18. The van der Waals surface area contributed by atoms with E-state index in [9.17, 15) is 19.5 Å². The normalized spacial score (nSPS) is 20.9. The molecule has 3 N–H and O–H groups in total. The fourth-order valence-corrected chi connectivity index (χ4v) is 5.18. The first-order chi connectivity index (χ1) is 18.6. The minimum atomic E-state index is -0.400. The van der Waals surface area contributed by atoms with E-state index in [1.54, 1.807) is 35.0 Å². The van der Waals surface area contributed by atoms with Crippen LogP contribution in [0.3, 0.4) is 0 Å². The van der Waals surface area contributed by atoms with E-state index in [2.05, 4.69) is 10.6 Å². The van der Waals surface area contributed by atoms with Crippen molar-refractivity contribution in [1.29, 1.82) is 0 Å². The average molecular weight is 546 g/mol. The van der Waals surface area contributed by atoms with Gasteiger partial charge in [-0.15, -0.1) is 0 Å². The largest absolute Gasteiger partial charge is 0.487 e. The molecular formula is C29H47N5O5. The Bertz CT molecular complexity index is 981. The van der Waals surface area contributed by atoms with Crippen LogP contribution in [0.25, 0.3) is 0 Å². The number of hydrogen-bond donors (Lipinski definition) is 3. The number of benzene rings is 1. The Labute approximate surface area is 233 Å². The highest BCUT2D eigenvalue weighted by Crippen LogP contribution is 2.31. The first-order valence-corrected chi connectivity index (χ1v) is 14.3. The SMILES string of the molecule is C[C@H](CO)N1C[C@H](C)[C@H](CN(C)C(=O)NC2CCCCC2)Oc2ccc(NC(=O)CCCN(C)C)cc2C1=O. The minimum absolute atomic E-state index is 0.0999. The Kier molecular flexibility index (Phi) is 11.4. The number of ether oxygens (including phenoxy) is 1. The monoisotopic (exact) mass is 545 g/mol. The summed E-state index contributed by atoms with van der Waals surface area (Å²) < 4.78 is 6.39. The molecule has 0 spiro atoms. The summed E-state index contributed by atoms with van der Waals surface area (Å²) in [6.45, 7) is 5.15. The molecular weight excluding hydrogens is 498 g/mol. The van der Waals surface area contributed by atoms with Gasteiger partial charge < -0.3 is 35.2 Å². The number of aliphatic hydroxyl groups excluding tert-OH is 1. The van der Waals surface area contributed by atoms with Crippen LogP contribution in [0.5, 0.6) is 5.75 Å². The van der Waals surface area contributed by atoms with E-state index in [-0.39, 0.29) is 42.5 Å². The summed E-state index contributed by atoms with van der Waals surface area (Å²) in [6, 6.07) is 4.77. The van der Waals surface area contributed by atoms with E-state index in [1.807, 2.05) is 32.8 Å². The lowest BCUT2D eigenvalue weighted by Gasteiger charge is -2.38. The van der Waals surface area contributed by atoms with Crippen LogP contribution in [0.1, 0.15) is 69.2 Å². The van der Waals surface area contributed by atoms with Crippen molar-refractivity contribution in [3.05, 3.63) is 23.8 Å². The summed E-state index contributed by atoms with van der Waals surface area (Å²) in [7, 11) is 5.70. The van der Waals surface area contributed by atoms with Crippen molar-refractivity contribution in [3.8, 4) is 5.75 Å². The van der Waals surface area contributed by atoms with E-state index in [4.69, 9.17) is 4.74 Å². The van der Waals surface area contributed by atoms with Crippen LogP contribution in [0.15, 0.2) is 18.2 Å². The number of carbonyl (C=O) groups is 3.